The molecule has 1 N–H and O–H groups in total. The molecular formula is C15H24BrNO. The monoisotopic (exact) mass is 313 g/mol. The molecule has 2 nitrogen and oxygen atoms in total. The van der Waals surface area contributed by atoms with E-state index in [0.29, 0.717) is 17.8 Å². The molecule has 0 saturated carbocycles. The maximum Gasteiger partial charge on any atom is 0.0583 e. The first-order valence-electron chi connectivity index (χ1n) is 6.54. The first-order valence-corrected chi connectivity index (χ1v) is 7.33. The Balaban J connectivity index is 2.44. The van der Waals surface area contributed by atoms with Crippen LogP contribution in [0.1, 0.15) is 46.1 Å². The average molecular weight is 314 g/mol. The Hall–Kier alpha value is -0.410. The van der Waals surface area contributed by atoms with Crippen molar-refractivity contribution in [3.05, 3.63) is 28.5 Å². The summed E-state index contributed by atoms with van der Waals surface area (Å²) in [5.41, 5.74) is 1.41. The number of aliphatic hydroxyl groups is 1. The summed E-state index contributed by atoms with van der Waals surface area (Å²) in [5.74, 6) is 0.542. The number of halogens is 1. The lowest BCUT2D eigenvalue weighted by molar-refractivity contribution is 0.132. The zero-order valence-electron chi connectivity index (χ0n) is 11.8. The third-order valence-electron chi connectivity index (χ3n) is 2.87. The Kier molecular flexibility index (Phi) is 5.80. The third kappa shape index (κ3) is 6.50. The lowest BCUT2D eigenvalue weighted by Gasteiger charge is -2.24. The van der Waals surface area contributed by atoms with Crippen molar-refractivity contribution in [1.29, 1.82) is 0 Å². The maximum atomic E-state index is 10.1. The van der Waals surface area contributed by atoms with Crippen molar-refractivity contribution in [1.82, 2.24) is 4.98 Å². The van der Waals surface area contributed by atoms with Crippen molar-refractivity contribution in [3.63, 3.8) is 0 Å². The van der Waals surface area contributed by atoms with Gasteiger partial charge in [-0.25, -0.2) is 0 Å². The van der Waals surface area contributed by atoms with Crippen LogP contribution in [0.2, 0.25) is 0 Å². The molecule has 1 aromatic heterocycles. The van der Waals surface area contributed by atoms with Crippen molar-refractivity contribution in [2.45, 2.75) is 53.1 Å². The zero-order chi connectivity index (χ0) is 13.8. The molecule has 0 spiro atoms. The molecule has 2 atom stereocenters. The van der Waals surface area contributed by atoms with Gasteiger partial charge >= 0.3 is 0 Å². The van der Waals surface area contributed by atoms with Crippen LogP contribution in [0.3, 0.4) is 0 Å². The molecule has 0 amide bonds. The minimum Gasteiger partial charge on any atom is -0.393 e. The molecule has 0 aromatic carbocycles. The Morgan fingerprint density at radius 1 is 1.33 bits per heavy atom. The molecule has 0 saturated heterocycles. The SMILES string of the molecule is CC(CC(O)Cc1cncc(Br)c1)CC(C)(C)C. The van der Waals surface area contributed by atoms with Gasteiger partial charge in [0.2, 0.25) is 0 Å². The highest BCUT2D eigenvalue weighted by atomic mass is 79.9. The highest BCUT2D eigenvalue weighted by molar-refractivity contribution is 9.10. The van der Waals surface area contributed by atoms with Gasteiger partial charge in [-0.2, -0.15) is 0 Å². The summed E-state index contributed by atoms with van der Waals surface area (Å²) in [6, 6.07) is 2.02. The average Bonchev–Trinajstić information content (AvgIpc) is 2.13. The summed E-state index contributed by atoms with van der Waals surface area (Å²) >= 11 is 3.40. The van der Waals surface area contributed by atoms with Gasteiger partial charge in [0.05, 0.1) is 6.10 Å². The molecule has 0 aliphatic carbocycles. The summed E-state index contributed by atoms with van der Waals surface area (Å²) in [7, 11) is 0. The highest BCUT2D eigenvalue weighted by Crippen LogP contribution is 2.27. The van der Waals surface area contributed by atoms with Crippen molar-refractivity contribution < 1.29 is 5.11 Å². The molecule has 1 heterocycles. The molecule has 3 heteroatoms. The first-order chi connectivity index (χ1) is 8.26. The molecule has 1 rings (SSSR count). The zero-order valence-corrected chi connectivity index (χ0v) is 13.4. The molecule has 0 radical (unpaired) electrons. The number of rotatable bonds is 5. The molecule has 18 heavy (non-hydrogen) atoms. The highest BCUT2D eigenvalue weighted by Gasteiger charge is 2.18. The third-order valence-corrected chi connectivity index (χ3v) is 3.30. The fourth-order valence-corrected chi connectivity index (χ4v) is 2.93. The fraction of sp³-hybridized carbons (Fsp3) is 0.667. The van der Waals surface area contributed by atoms with E-state index in [1.807, 2.05) is 12.3 Å². The van der Waals surface area contributed by atoms with Crippen molar-refractivity contribution in [3.8, 4) is 0 Å². The number of pyridine rings is 1. The molecule has 102 valence electrons. The number of hydrogen-bond acceptors (Lipinski definition) is 2. The summed E-state index contributed by atoms with van der Waals surface area (Å²) in [6.07, 6.45) is 5.98. The van der Waals surface area contributed by atoms with Gasteiger partial charge in [-0.05, 0) is 58.2 Å². The predicted molar refractivity (Wildman–Crippen MR) is 79.5 cm³/mol. The second-order valence-electron chi connectivity index (χ2n) is 6.48. The second-order valence-corrected chi connectivity index (χ2v) is 7.39. The maximum absolute atomic E-state index is 10.1. The number of aromatic nitrogens is 1. The van der Waals surface area contributed by atoms with Gasteiger partial charge in [0.25, 0.3) is 0 Å². The summed E-state index contributed by atoms with van der Waals surface area (Å²) in [5, 5.41) is 10.1. The molecule has 0 fully saturated rings. The van der Waals surface area contributed by atoms with E-state index >= 15 is 0 Å². The van der Waals surface area contributed by atoms with Gasteiger partial charge in [-0.1, -0.05) is 27.7 Å². The van der Waals surface area contributed by atoms with Crippen molar-refractivity contribution in [2.24, 2.45) is 11.3 Å². The number of nitrogens with zero attached hydrogens (tertiary/aromatic N) is 1. The van der Waals surface area contributed by atoms with E-state index < -0.39 is 0 Å². The normalized spacial score (nSPS) is 15.4. The van der Waals surface area contributed by atoms with E-state index in [0.717, 1.165) is 22.9 Å². The summed E-state index contributed by atoms with van der Waals surface area (Å²) in [6.45, 7) is 8.95. The van der Waals surface area contributed by atoms with Gasteiger partial charge in [0.15, 0.2) is 0 Å². The van der Waals surface area contributed by atoms with E-state index in [1.165, 1.54) is 0 Å². The quantitative estimate of drug-likeness (QED) is 0.883. The van der Waals surface area contributed by atoms with Crippen molar-refractivity contribution in [2.75, 3.05) is 0 Å². The van der Waals surface area contributed by atoms with Crippen molar-refractivity contribution >= 4 is 15.9 Å². The lowest BCUT2D eigenvalue weighted by atomic mass is 9.83. The van der Waals surface area contributed by atoms with Crippen LogP contribution in [0, 0.1) is 11.3 Å². The molecule has 1 aromatic rings. The fourth-order valence-electron chi connectivity index (χ4n) is 2.52. The van der Waals surface area contributed by atoms with E-state index in [9.17, 15) is 5.11 Å². The van der Waals surface area contributed by atoms with Crippen LogP contribution in [0.5, 0.6) is 0 Å². The van der Waals surface area contributed by atoms with Crippen LogP contribution < -0.4 is 0 Å². The van der Waals surface area contributed by atoms with Crippen LogP contribution in [0.25, 0.3) is 0 Å². The Morgan fingerprint density at radius 2 is 2.00 bits per heavy atom. The van der Waals surface area contributed by atoms with Gasteiger partial charge in [0.1, 0.15) is 0 Å². The number of hydrogen-bond donors (Lipinski definition) is 1. The molecule has 0 aliphatic heterocycles. The molecule has 2 unspecified atom stereocenters. The first kappa shape index (κ1) is 15.6. The topological polar surface area (TPSA) is 33.1 Å². The smallest absolute Gasteiger partial charge is 0.0583 e. The largest absolute Gasteiger partial charge is 0.393 e. The number of aliphatic hydroxyl groups excluding tert-OH is 1. The minimum atomic E-state index is -0.279. The van der Waals surface area contributed by atoms with Gasteiger partial charge in [-0.3, -0.25) is 4.98 Å². The molecular weight excluding hydrogens is 290 g/mol. The Labute approximate surface area is 119 Å². The van der Waals surface area contributed by atoms with Crippen LogP contribution >= 0.6 is 15.9 Å². The van der Waals surface area contributed by atoms with E-state index in [-0.39, 0.29) is 6.10 Å². The predicted octanol–water partition coefficient (Wildman–Crippen LogP) is 4.21. The standard InChI is InChI=1S/C15H24BrNO/c1-11(8-15(2,3)4)5-14(18)7-12-6-13(16)10-17-9-12/h6,9-11,14,18H,5,7-8H2,1-4H3. The summed E-state index contributed by atoms with van der Waals surface area (Å²) in [4.78, 5) is 4.12. The van der Waals surface area contributed by atoms with Crippen LogP contribution in [0.15, 0.2) is 22.9 Å². The van der Waals surface area contributed by atoms with Crippen LogP contribution in [0.4, 0.5) is 0 Å². The van der Waals surface area contributed by atoms with Gasteiger partial charge in [0, 0.05) is 16.9 Å². The van der Waals surface area contributed by atoms with E-state index in [2.05, 4.69) is 48.6 Å². The van der Waals surface area contributed by atoms with Crippen LogP contribution in [-0.4, -0.2) is 16.2 Å². The lowest BCUT2D eigenvalue weighted by Crippen LogP contribution is -2.18. The summed E-state index contributed by atoms with van der Waals surface area (Å²) < 4.78 is 0.968. The minimum absolute atomic E-state index is 0.279. The van der Waals surface area contributed by atoms with Crippen LogP contribution in [-0.2, 0) is 6.42 Å². The Morgan fingerprint density at radius 3 is 2.56 bits per heavy atom. The van der Waals surface area contributed by atoms with Gasteiger partial charge in [-0.15, -0.1) is 0 Å². The van der Waals surface area contributed by atoms with E-state index in [4.69, 9.17) is 0 Å². The molecule has 0 bridgehead atoms. The Bertz CT molecular complexity index is 373. The van der Waals surface area contributed by atoms with Gasteiger partial charge < -0.3 is 5.11 Å². The van der Waals surface area contributed by atoms with E-state index in [1.54, 1.807) is 6.20 Å². The molecule has 0 aliphatic rings. The second kappa shape index (κ2) is 6.67.